The van der Waals surface area contributed by atoms with Crippen molar-refractivity contribution in [3.8, 4) is 5.75 Å². The van der Waals surface area contributed by atoms with Crippen molar-refractivity contribution in [1.29, 1.82) is 0 Å². The van der Waals surface area contributed by atoms with Crippen LogP contribution in [0.3, 0.4) is 0 Å². The fraction of sp³-hybridized carbons (Fsp3) is 0.611. The molecule has 1 saturated carbocycles. The van der Waals surface area contributed by atoms with Crippen LogP contribution < -0.4 is 15.4 Å². The van der Waals surface area contributed by atoms with Crippen LogP contribution in [-0.2, 0) is 16.1 Å². The van der Waals surface area contributed by atoms with E-state index >= 15 is 0 Å². The molecule has 5 nitrogen and oxygen atoms in total. The van der Waals surface area contributed by atoms with Crippen LogP contribution >= 0.6 is 0 Å². The van der Waals surface area contributed by atoms with Crippen molar-refractivity contribution in [2.24, 2.45) is 0 Å². The van der Waals surface area contributed by atoms with Crippen molar-refractivity contribution < 1.29 is 14.3 Å². The standard InChI is InChI=1S/C18H26N2O3/c1-22-18(9-11-19-12-10-18)17(21)20-13-14-5-2-3-8-16(14)23-15-6-4-7-15/h2-3,5,8,15,19H,4,6-7,9-13H2,1H3,(H,20,21). The molecule has 0 bridgehead atoms. The van der Waals surface area contributed by atoms with Gasteiger partial charge in [0.25, 0.3) is 5.91 Å². The summed E-state index contributed by atoms with van der Waals surface area (Å²) in [6.07, 6.45) is 5.24. The first kappa shape index (κ1) is 16.3. The number of amides is 1. The average molecular weight is 318 g/mol. The van der Waals surface area contributed by atoms with E-state index in [0.717, 1.165) is 37.2 Å². The van der Waals surface area contributed by atoms with E-state index in [1.807, 2.05) is 24.3 Å². The molecule has 5 heteroatoms. The molecule has 0 atom stereocenters. The number of nitrogens with one attached hydrogen (secondary N) is 2. The molecule has 0 aromatic heterocycles. The maximum atomic E-state index is 12.6. The molecule has 3 rings (SSSR count). The van der Waals surface area contributed by atoms with Gasteiger partial charge in [-0.15, -0.1) is 0 Å². The van der Waals surface area contributed by atoms with Crippen molar-refractivity contribution in [1.82, 2.24) is 10.6 Å². The molecule has 1 amide bonds. The minimum absolute atomic E-state index is 0.0278. The van der Waals surface area contributed by atoms with Crippen LogP contribution in [0.5, 0.6) is 5.75 Å². The Kier molecular flexibility index (Phi) is 5.18. The Hall–Kier alpha value is -1.59. The summed E-state index contributed by atoms with van der Waals surface area (Å²) < 4.78 is 11.6. The number of ether oxygens (including phenoxy) is 2. The second-order valence-corrected chi connectivity index (χ2v) is 6.41. The molecule has 23 heavy (non-hydrogen) atoms. The first-order valence-corrected chi connectivity index (χ1v) is 8.52. The van der Waals surface area contributed by atoms with E-state index in [4.69, 9.17) is 9.47 Å². The van der Waals surface area contributed by atoms with Gasteiger partial charge in [-0.3, -0.25) is 4.79 Å². The fourth-order valence-corrected chi connectivity index (χ4v) is 3.12. The number of hydrogen-bond donors (Lipinski definition) is 2. The van der Waals surface area contributed by atoms with Crippen molar-refractivity contribution >= 4 is 5.91 Å². The second kappa shape index (κ2) is 7.32. The quantitative estimate of drug-likeness (QED) is 0.842. The first-order valence-electron chi connectivity index (χ1n) is 8.52. The summed E-state index contributed by atoms with van der Waals surface area (Å²) in [5.41, 5.74) is 0.322. The summed E-state index contributed by atoms with van der Waals surface area (Å²) in [4.78, 5) is 12.6. The summed E-state index contributed by atoms with van der Waals surface area (Å²) >= 11 is 0. The van der Waals surface area contributed by atoms with Gasteiger partial charge < -0.3 is 20.1 Å². The average Bonchev–Trinajstić information content (AvgIpc) is 2.57. The number of piperidine rings is 1. The third-order valence-corrected chi connectivity index (χ3v) is 4.97. The zero-order chi connectivity index (χ0) is 16.1. The lowest BCUT2D eigenvalue weighted by Crippen LogP contribution is -2.53. The van der Waals surface area contributed by atoms with E-state index in [0.29, 0.717) is 25.5 Å². The number of hydrogen-bond acceptors (Lipinski definition) is 4. The molecule has 1 saturated heterocycles. The Morgan fingerprint density at radius 2 is 2.04 bits per heavy atom. The highest BCUT2D eigenvalue weighted by Gasteiger charge is 2.39. The molecule has 0 radical (unpaired) electrons. The zero-order valence-corrected chi connectivity index (χ0v) is 13.8. The molecule has 0 spiro atoms. The van der Waals surface area contributed by atoms with Crippen LogP contribution in [0.1, 0.15) is 37.7 Å². The van der Waals surface area contributed by atoms with Gasteiger partial charge in [0.15, 0.2) is 0 Å². The molecule has 1 aliphatic carbocycles. The predicted molar refractivity (Wildman–Crippen MR) is 88.4 cm³/mol. The van der Waals surface area contributed by atoms with Crippen molar-refractivity contribution in [3.63, 3.8) is 0 Å². The predicted octanol–water partition coefficient (Wildman–Crippen LogP) is 2.00. The molecule has 1 heterocycles. The van der Waals surface area contributed by atoms with Crippen LogP contribution in [0.25, 0.3) is 0 Å². The van der Waals surface area contributed by atoms with Gasteiger partial charge in [0, 0.05) is 19.2 Å². The topological polar surface area (TPSA) is 59.6 Å². The largest absolute Gasteiger partial charge is 0.490 e. The van der Waals surface area contributed by atoms with Crippen LogP contribution in [0.15, 0.2) is 24.3 Å². The van der Waals surface area contributed by atoms with Gasteiger partial charge >= 0.3 is 0 Å². The van der Waals surface area contributed by atoms with Gasteiger partial charge in [-0.25, -0.2) is 0 Å². The molecule has 2 N–H and O–H groups in total. The van der Waals surface area contributed by atoms with Gasteiger partial charge in [-0.1, -0.05) is 18.2 Å². The minimum atomic E-state index is -0.699. The summed E-state index contributed by atoms with van der Waals surface area (Å²) in [6, 6.07) is 7.95. The fourth-order valence-electron chi connectivity index (χ4n) is 3.12. The second-order valence-electron chi connectivity index (χ2n) is 6.41. The molecule has 1 aromatic carbocycles. The summed E-state index contributed by atoms with van der Waals surface area (Å²) in [6.45, 7) is 2.09. The highest BCUT2D eigenvalue weighted by atomic mass is 16.5. The highest BCUT2D eigenvalue weighted by Crippen LogP contribution is 2.28. The molecule has 2 aliphatic rings. The Morgan fingerprint density at radius 1 is 1.30 bits per heavy atom. The Morgan fingerprint density at radius 3 is 2.70 bits per heavy atom. The van der Waals surface area contributed by atoms with Crippen molar-refractivity contribution in [2.45, 2.75) is 50.4 Å². The number of methoxy groups -OCH3 is 1. The molecule has 1 aromatic rings. The molecular formula is C18H26N2O3. The van der Waals surface area contributed by atoms with Crippen LogP contribution in [-0.4, -0.2) is 37.8 Å². The van der Waals surface area contributed by atoms with Crippen molar-refractivity contribution in [3.05, 3.63) is 29.8 Å². The Bertz CT molecular complexity index is 537. The van der Waals surface area contributed by atoms with E-state index < -0.39 is 5.60 Å². The monoisotopic (exact) mass is 318 g/mol. The van der Waals surface area contributed by atoms with Crippen LogP contribution in [0.2, 0.25) is 0 Å². The third kappa shape index (κ3) is 3.67. The normalized spacial score (nSPS) is 20.6. The van der Waals surface area contributed by atoms with Gasteiger partial charge in [0.1, 0.15) is 11.4 Å². The maximum Gasteiger partial charge on any atom is 0.252 e. The number of carbonyl (C=O) groups is 1. The van der Waals surface area contributed by atoms with Crippen LogP contribution in [0, 0.1) is 0 Å². The lowest BCUT2D eigenvalue weighted by molar-refractivity contribution is -0.146. The third-order valence-electron chi connectivity index (χ3n) is 4.97. The van der Waals surface area contributed by atoms with Gasteiger partial charge in [0.2, 0.25) is 0 Å². The molecule has 0 unspecified atom stereocenters. The summed E-state index contributed by atoms with van der Waals surface area (Å²) in [5.74, 6) is 0.856. The number of para-hydroxylation sites is 1. The number of benzene rings is 1. The van der Waals surface area contributed by atoms with E-state index in [9.17, 15) is 4.79 Å². The first-order chi connectivity index (χ1) is 11.2. The summed E-state index contributed by atoms with van der Waals surface area (Å²) in [5, 5.41) is 6.30. The highest BCUT2D eigenvalue weighted by molar-refractivity contribution is 5.85. The van der Waals surface area contributed by atoms with E-state index in [2.05, 4.69) is 10.6 Å². The van der Waals surface area contributed by atoms with Gasteiger partial charge in [-0.2, -0.15) is 0 Å². The molecular weight excluding hydrogens is 292 g/mol. The number of rotatable bonds is 6. The smallest absolute Gasteiger partial charge is 0.252 e. The number of carbonyl (C=O) groups excluding carboxylic acids is 1. The summed E-state index contributed by atoms with van der Waals surface area (Å²) in [7, 11) is 1.62. The van der Waals surface area contributed by atoms with Gasteiger partial charge in [-0.05, 0) is 51.3 Å². The molecule has 1 aliphatic heterocycles. The van der Waals surface area contributed by atoms with E-state index in [1.54, 1.807) is 7.11 Å². The SMILES string of the molecule is COC1(C(=O)NCc2ccccc2OC2CCC2)CCNCC1. The Labute approximate surface area is 137 Å². The Balaban J connectivity index is 1.62. The van der Waals surface area contributed by atoms with Crippen LogP contribution in [0.4, 0.5) is 0 Å². The van der Waals surface area contributed by atoms with Gasteiger partial charge in [0.05, 0.1) is 6.10 Å². The lowest BCUT2D eigenvalue weighted by Gasteiger charge is -2.35. The minimum Gasteiger partial charge on any atom is -0.490 e. The molecule has 2 fully saturated rings. The zero-order valence-electron chi connectivity index (χ0n) is 13.8. The van der Waals surface area contributed by atoms with Crippen molar-refractivity contribution in [2.75, 3.05) is 20.2 Å². The lowest BCUT2D eigenvalue weighted by atomic mass is 9.91. The van der Waals surface area contributed by atoms with E-state index in [-0.39, 0.29) is 5.91 Å². The maximum absolute atomic E-state index is 12.6. The van der Waals surface area contributed by atoms with E-state index in [1.165, 1.54) is 6.42 Å². The molecule has 126 valence electrons.